The van der Waals surface area contributed by atoms with Crippen molar-refractivity contribution in [3.63, 3.8) is 0 Å². The first-order valence-electron chi connectivity index (χ1n) is 8.43. The lowest BCUT2D eigenvalue weighted by molar-refractivity contribution is -0.187. The van der Waals surface area contributed by atoms with E-state index in [0.717, 1.165) is 12.1 Å². The summed E-state index contributed by atoms with van der Waals surface area (Å²) in [5, 5.41) is 2.46. The number of carbonyl (C=O) groups excluding carboxylic acids is 1. The molecule has 2 heterocycles. The molecule has 2 unspecified atom stereocenters. The van der Waals surface area contributed by atoms with Gasteiger partial charge >= 0.3 is 6.18 Å². The molecule has 7 nitrogen and oxygen atoms in total. The zero-order valence-electron chi connectivity index (χ0n) is 15.4. The van der Waals surface area contributed by atoms with E-state index in [9.17, 15) is 22.4 Å². The Bertz CT molecular complexity index is 962. The highest BCUT2D eigenvalue weighted by Gasteiger charge is 2.56. The number of aliphatic imine (C=N–C) groups is 1. The smallest absolute Gasteiger partial charge is 0.394 e. The lowest BCUT2D eigenvalue weighted by Crippen LogP contribution is -2.38. The molecule has 0 bridgehead atoms. The quantitative estimate of drug-likeness (QED) is 0.753. The summed E-state index contributed by atoms with van der Waals surface area (Å²) in [6.07, 6.45) is -2.77. The van der Waals surface area contributed by atoms with Crippen LogP contribution in [-0.2, 0) is 5.54 Å². The summed E-state index contributed by atoms with van der Waals surface area (Å²) in [5.41, 5.74) is 3.28. The van der Waals surface area contributed by atoms with Gasteiger partial charge in [0.15, 0.2) is 0 Å². The van der Waals surface area contributed by atoms with Crippen molar-refractivity contribution in [1.29, 1.82) is 0 Å². The number of nitrogens with two attached hydrogens (primary N) is 1. The van der Waals surface area contributed by atoms with E-state index >= 15 is 0 Å². The zero-order chi connectivity index (χ0) is 21.4. The molecule has 11 heteroatoms. The number of hydrogen-bond donors (Lipinski definition) is 2. The Morgan fingerprint density at radius 3 is 2.62 bits per heavy atom. The molecular formula is C18H17F4N5O2. The largest absolute Gasteiger partial charge is 0.480 e. The fourth-order valence-electron chi connectivity index (χ4n) is 3.24. The molecule has 2 atom stereocenters. The zero-order valence-corrected chi connectivity index (χ0v) is 15.4. The van der Waals surface area contributed by atoms with Crippen molar-refractivity contribution < 1.29 is 27.1 Å². The van der Waals surface area contributed by atoms with Crippen LogP contribution in [0.2, 0.25) is 0 Å². The molecule has 1 aliphatic heterocycles. The first kappa shape index (κ1) is 20.5. The van der Waals surface area contributed by atoms with E-state index in [-0.39, 0.29) is 28.7 Å². The molecule has 0 saturated heterocycles. The highest BCUT2D eigenvalue weighted by Crippen LogP contribution is 2.49. The van der Waals surface area contributed by atoms with E-state index < -0.39 is 35.8 Å². The van der Waals surface area contributed by atoms with Crippen LogP contribution in [0.5, 0.6) is 5.88 Å². The molecule has 3 rings (SSSR count). The van der Waals surface area contributed by atoms with Crippen LogP contribution in [0.4, 0.5) is 23.2 Å². The van der Waals surface area contributed by atoms with Crippen molar-refractivity contribution in [2.24, 2.45) is 16.6 Å². The number of methoxy groups -OCH3 is 1. The number of ether oxygens (including phenoxy) is 1. The predicted octanol–water partition coefficient (Wildman–Crippen LogP) is 3.03. The Labute approximate surface area is 163 Å². The van der Waals surface area contributed by atoms with Crippen LogP contribution in [0.15, 0.2) is 35.6 Å². The van der Waals surface area contributed by atoms with E-state index in [1.165, 1.54) is 32.5 Å². The molecule has 0 aliphatic carbocycles. The number of amidine groups is 1. The molecule has 0 spiro atoms. The fourth-order valence-corrected chi connectivity index (χ4v) is 3.24. The molecular weight excluding hydrogens is 394 g/mol. The van der Waals surface area contributed by atoms with Gasteiger partial charge < -0.3 is 15.8 Å². The molecule has 3 N–H and O–H groups in total. The van der Waals surface area contributed by atoms with E-state index in [0.29, 0.717) is 0 Å². The standard InChI is InChI=1S/C18H17F4N5O2/c1-17(13(18(20,21)22)6-14(23)27-17)10-5-9(3-4-11(10)19)26-16(28)12-7-25-15(29-2)8-24-12/h3-5,7-8,13H,6H2,1-2H3,(H2,23,27)(H,26,28). The van der Waals surface area contributed by atoms with Gasteiger partial charge in [0, 0.05) is 17.7 Å². The normalized spacial score (nSPS) is 21.6. The maximum absolute atomic E-state index is 14.5. The third kappa shape index (κ3) is 3.98. The molecule has 154 valence electrons. The van der Waals surface area contributed by atoms with Crippen molar-refractivity contribution >= 4 is 17.4 Å². The maximum Gasteiger partial charge on any atom is 0.394 e. The number of amides is 1. The number of halogens is 4. The van der Waals surface area contributed by atoms with Gasteiger partial charge in [0.05, 0.1) is 36.8 Å². The van der Waals surface area contributed by atoms with Gasteiger partial charge in [-0.2, -0.15) is 13.2 Å². The van der Waals surface area contributed by atoms with Crippen molar-refractivity contribution in [1.82, 2.24) is 9.97 Å². The molecule has 2 aromatic rings. The number of rotatable bonds is 4. The number of benzene rings is 1. The Kier molecular flexibility index (Phi) is 5.16. The third-order valence-corrected chi connectivity index (χ3v) is 4.70. The van der Waals surface area contributed by atoms with Crippen LogP contribution >= 0.6 is 0 Å². The van der Waals surface area contributed by atoms with Crippen molar-refractivity contribution in [2.45, 2.75) is 25.1 Å². The van der Waals surface area contributed by atoms with E-state index in [1.807, 2.05) is 0 Å². The van der Waals surface area contributed by atoms with Crippen molar-refractivity contribution in [3.05, 3.63) is 47.7 Å². The summed E-state index contributed by atoms with van der Waals surface area (Å²) in [4.78, 5) is 23.9. The number of hydrogen-bond acceptors (Lipinski definition) is 6. The topological polar surface area (TPSA) is 102 Å². The monoisotopic (exact) mass is 411 g/mol. The summed E-state index contributed by atoms with van der Waals surface area (Å²) in [7, 11) is 1.39. The number of anilines is 1. The molecule has 1 aromatic heterocycles. The van der Waals surface area contributed by atoms with E-state index in [1.54, 1.807) is 0 Å². The Hall–Kier alpha value is -3.24. The average molecular weight is 411 g/mol. The SMILES string of the molecule is COc1cnc(C(=O)Nc2ccc(F)c(C3(C)N=C(N)CC3C(F)(F)F)c2)cn1. The minimum Gasteiger partial charge on any atom is -0.480 e. The number of nitrogens with zero attached hydrogens (tertiary/aromatic N) is 3. The first-order chi connectivity index (χ1) is 13.5. The number of carbonyl (C=O) groups is 1. The van der Waals surface area contributed by atoms with Crippen LogP contribution in [0.25, 0.3) is 0 Å². The number of alkyl halides is 3. The lowest BCUT2D eigenvalue weighted by Gasteiger charge is -2.31. The highest BCUT2D eigenvalue weighted by atomic mass is 19.4. The van der Waals surface area contributed by atoms with Gasteiger partial charge in [-0.25, -0.2) is 14.4 Å². The van der Waals surface area contributed by atoms with Crippen LogP contribution in [0.1, 0.15) is 29.4 Å². The Balaban J connectivity index is 1.92. The van der Waals surface area contributed by atoms with Gasteiger partial charge in [-0.15, -0.1) is 0 Å². The minimum absolute atomic E-state index is 0.0563. The van der Waals surface area contributed by atoms with Gasteiger partial charge in [0.2, 0.25) is 5.88 Å². The summed E-state index contributed by atoms with van der Waals surface area (Å²) >= 11 is 0. The van der Waals surface area contributed by atoms with E-state index in [2.05, 4.69) is 20.3 Å². The van der Waals surface area contributed by atoms with E-state index in [4.69, 9.17) is 10.5 Å². The second-order valence-electron chi connectivity index (χ2n) is 6.64. The molecule has 0 saturated carbocycles. The summed E-state index contributed by atoms with van der Waals surface area (Å²) in [6, 6.07) is 3.31. The fraction of sp³-hybridized carbons (Fsp3) is 0.333. The molecule has 0 radical (unpaired) electrons. The highest BCUT2D eigenvalue weighted by molar-refractivity contribution is 6.02. The molecule has 0 fully saturated rings. The third-order valence-electron chi connectivity index (χ3n) is 4.70. The van der Waals surface area contributed by atoms with Crippen LogP contribution in [0.3, 0.4) is 0 Å². The number of aromatic nitrogens is 2. The molecule has 1 aromatic carbocycles. The Morgan fingerprint density at radius 2 is 2.03 bits per heavy atom. The Morgan fingerprint density at radius 1 is 1.31 bits per heavy atom. The molecule has 1 aliphatic rings. The second kappa shape index (κ2) is 7.30. The van der Waals surface area contributed by atoms with Gasteiger partial charge in [0.1, 0.15) is 11.5 Å². The molecule has 29 heavy (non-hydrogen) atoms. The van der Waals surface area contributed by atoms with Gasteiger partial charge in [-0.1, -0.05) is 0 Å². The van der Waals surface area contributed by atoms with Crippen LogP contribution < -0.4 is 15.8 Å². The average Bonchev–Trinajstić information content (AvgIpc) is 2.99. The molecule has 1 amide bonds. The maximum atomic E-state index is 14.5. The summed E-state index contributed by atoms with van der Waals surface area (Å²) in [6.45, 7) is 1.17. The first-order valence-corrected chi connectivity index (χ1v) is 8.43. The number of nitrogens with one attached hydrogen (secondary N) is 1. The van der Waals surface area contributed by atoms with Gasteiger partial charge in [0.25, 0.3) is 5.91 Å². The van der Waals surface area contributed by atoms with Crippen molar-refractivity contribution in [3.8, 4) is 5.88 Å². The minimum atomic E-state index is -4.64. The lowest BCUT2D eigenvalue weighted by atomic mass is 9.79. The second-order valence-corrected chi connectivity index (χ2v) is 6.64. The summed E-state index contributed by atoms with van der Waals surface area (Å²) in [5.74, 6) is -3.55. The van der Waals surface area contributed by atoms with Crippen molar-refractivity contribution in [2.75, 3.05) is 12.4 Å². The summed E-state index contributed by atoms with van der Waals surface area (Å²) < 4.78 is 59.8. The predicted molar refractivity (Wildman–Crippen MR) is 96.1 cm³/mol. The van der Waals surface area contributed by atoms with Gasteiger partial charge in [-0.3, -0.25) is 9.79 Å². The van der Waals surface area contributed by atoms with Crippen LogP contribution in [-0.4, -0.2) is 35.0 Å². The van der Waals surface area contributed by atoms with Gasteiger partial charge in [-0.05, 0) is 25.1 Å². The van der Waals surface area contributed by atoms with Crippen LogP contribution in [0, 0.1) is 11.7 Å².